The Bertz CT molecular complexity index is 566. The summed E-state index contributed by atoms with van der Waals surface area (Å²) in [4.78, 5) is 20.1. The van der Waals surface area contributed by atoms with Crippen LogP contribution in [0.15, 0.2) is 40.1 Å². The van der Waals surface area contributed by atoms with Crippen molar-refractivity contribution < 1.29 is 0 Å². The molecule has 5 heteroatoms. The van der Waals surface area contributed by atoms with Crippen LogP contribution in [0.1, 0.15) is 11.3 Å². The van der Waals surface area contributed by atoms with Crippen LogP contribution in [0.5, 0.6) is 0 Å². The van der Waals surface area contributed by atoms with Gasteiger partial charge in [0.05, 0.1) is 12.0 Å². The molecule has 0 N–H and O–H groups in total. The molecule has 0 saturated heterocycles. The number of rotatable bonds is 3. The van der Waals surface area contributed by atoms with Crippen LogP contribution < -0.4 is 5.56 Å². The minimum absolute atomic E-state index is 0.0404. The first-order valence-corrected chi connectivity index (χ1v) is 6.08. The molecule has 0 amide bonds. The molecule has 2 heterocycles. The van der Waals surface area contributed by atoms with Gasteiger partial charge in [0, 0.05) is 18.9 Å². The Balaban J connectivity index is 2.16. The van der Waals surface area contributed by atoms with Gasteiger partial charge >= 0.3 is 0 Å². The highest BCUT2D eigenvalue weighted by Crippen LogP contribution is 2.06. The van der Waals surface area contributed by atoms with Crippen LogP contribution in [0, 0.1) is 6.92 Å². The highest BCUT2D eigenvalue weighted by atomic mass is 79.9. The number of aryl methyl sites for hydroxylation is 3. The zero-order valence-electron chi connectivity index (χ0n) is 9.43. The summed E-state index contributed by atoms with van der Waals surface area (Å²) in [5.41, 5.74) is 1.78. The van der Waals surface area contributed by atoms with Gasteiger partial charge in [0.25, 0.3) is 5.56 Å². The van der Waals surface area contributed by atoms with E-state index in [1.165, 1.54) is 0 Å². The van der Waals surface area contributed by atoms with E-state index in [1.54, 1.807) is 24.0 Å². The van der Waals surface area contributed by atoms with E-state index in [9.17, 15) is 4.79 Å². The third-order valence-electron chi connectivity index (χ3n) is 2.52. The minimum atomic E-state index is -0.0404. The van der Waals surface area contributed by atoms with Crippen molar-refractivity contribution in [3.8, 4) is 0 Å². The number of aromatic nitrogens is 3. The Morgan fingerprint density at radius 3 is 3.00 bits per heavy atom. The molecular weight excluding hydrogens is 282 g/mol. The predicted molar refractivity (Wildman–Crippen MR) is 68.9 cm³/mol. The molecular formula is C12H12BrN3O. The molecule has 0 radical (unpaired) electrons. The summed E-state index contributed by atoms with van der Waals surface area (Å²) in [5.74, 6) is 0. The lowest BCUT2D eigenvalue weighted by Crippen LogP contribution is -2.23. The van der Waals surface area contributed by atoms with Crippen molar-refractivity contribution in [2.75, 3.05) is 0 Å². The number of halogens is 1. The largest absolute Gasteiger partial charge is 0.298 e. The van der Waals surface area contributed by atoms with Crippen molar-refractivity contribution in [3.05, 3.63) is 56.9 Å². The number of hydrogen-bond donors (Lipinski definition) is 0. The highest BCUT2D eigenvalue weighted by Gasteiger charge is 2.05. The van der Waals surface area contributed by atoms with E-state index in [2.05, 4.69) is 25.9 Å². The van der Waals surface area contributed by atoms with Gasteiger partial charge in [-0.3, -0.25) is 14.3 Å². The Hall–Kier alpha value is -1.49. The van der Waals surface area contributed by atoms with E-state index in [4.69, 9.17) is 0 Å². The number of pyridine rings is 1. The van der Waals surface area contributed by atoms with Crippen molar-refractivity contribution in [2.24, 2.45) is 0 Å². The van der Waals surface area contributed by atoms with Crippen LogP contribution in [-0.4, -0.2) is 14.5 Å². The van der Waals surface area contributed by atoms with Gasteiger partial charge in [-0.1, -0.05) is 6.07 Å². The summed E-state index contributed by atoms with van der Waals surface area (Å²) < 4.78 is 2.13. The maximum Gasteiger partial charge on any atom is 0.267 e. The van der Waals surface area contributed by atoms with E-state index in [0.717, 1.165) is 12.0 Å². The molecule has 0 saturated carbocycles. The molecule has 88 valence electrons. The smallest absolute Gasteiger partial charge is 0.267 e. The van der Waals surface area contributed by atoms with Gasteiger partial charge in [-0.25, -0.2) is 4.98 Å². The van der Waals surface area contributed by atoms with Crippen LogP contribution in [0.25, 0.3) is 0 Å². The number of hydrogen-bond acceptors (Lipinski definition) is 3. The SMILES string of the molecule is Cc1ncn(CCc2cccnc2)c(=O)c1Br. The zero-order valence-corrected chi connectivity index (χ0v) is 11.0. The predicted octanol–water partition coefficient (Wildman–Crippen LogP) is 1.95. The second-order valence-corrected chi connectivity index (χ2v) is 4.55. The molecule has 4 nitrogen and oxygen atoms in total. The standard InChI is InChI=1S/C12H12BrN3O/c1-9-11(13)12(17)16(8-15-9)6-4-10-3-2-5-14-7-10/h2-3,5,7-8H,4,6H2,1H3. The molecule has 0 aliphatic carbocycles. The summed E-state index contributed by atoms with van der Waals surface area (Å²) in [5, 5.41) is 0. The Morgan fingerprint density at radius 2 is 2.29 bits per heavy atom. The Labute approximate surface area is 107 Å². The Kier molecular flexibility index (Phi) is 3.68. The lowest BCUT2D eigenvalue weighted by Gasteiger charge is -2.06. The highest BCUT2D eigenvalue weighted by molar-refractivity contribution is 9.10. The molecule has 2 rings (SSSR count). The van der Waals surface area contributed by atoms with Gasteiger partial charge in [0.15, 0.2) is 0 Å². The van der Waals surface area contributed by atoms with Gasteiger partial charge in [-0.2, -0.15) is 0 Å². The normalized spacial score (nSPS) is 10.5. The molecule has 0 aliphatic rings. The first-order valence-electron chi connectivity index (χ1n) is 5.29. The quantitative estimate of drug-likeness (QED) is 0.869. The second kappa shape index (κ2) is 5.23. The molecule has 0 atom stereocenters. The monoisotopic (exact) mass is 293 g/mol. The average Bonchev–Trinajstić information content (AvgIpc) is 2.36. The van der Waals surface area contributed by atoms with Crippen LogP contribution in [0.2, 0.25) is 0 Å². The first-order chi connectivity index (χ1) is 8.18. The van der Waals surface area contributed by atoms with E-state index >= 15 is 0 Å². The van der Waals surface area contributed by atoms with Crippen LogP contribution >= 0.6 is 15.9 Å². The van der Waals surface area contributed by atoms with Crippen LogP contribution in [0.4, 0.5) is 0 Å². The van der Waals surface area contributed by atoms with Crippen molar-refractivity contribution in [3.63, 3.8) is 0 Å². The maximum absolute atomic E-state index is 11.9. The summed E-state index contributed by atoms with van der Waals surface area (Å²) in [7, 11) is 0. The van der Waals surface area contributed by atoms with Crippen LogP contribution in [-0.2, 0) is 13.0 Å². The summed E-state index contributed by atoms with van der Waals surface area (Å²) >= 11 is 3.25. The van der Waals surface area contributed by atoms with Gasteiger partial charge in [-0.15, -0.1) is 0 Å². The zero-order chi connectivity index (χ0) is 12.3. The van der Waals surface area contributed by atoms with Gasteiger partial charge in [0.1, 0.15) is 4.47 Å². The third-order valence-corrected chi connectivity index (χ3v) is 3.43. The molecule has 0 bridgehead atoms. The van der Waals surface area contributed by atoms with Crippen molar-refractivity contribution >= 4 is 15.9 Å². The molecule has 0 spiro atoms. The van der Waals surface area contributed by atoms with Crippen LogP contribution in [0.3, 0.4) is 0 Å². The fourth-order valence-corrected chi connectivity index (χ4v) is 1.83. The Morgan fingerprint density at radius 1 is 1.47 bits per heavy atom. The van der Waals surface area contributed by atoms with E-state index in [1.807, 2.05) is 18.3 Å². The van der Waals surface area contributed by atoms with Crippen molar-refractivity contribution in [1.29, 1.82) is 0 Å². The van der Waals surface area contributed by atoms with E-state index in [-0.39, 0.29) is 5.56 Å². The molecule has 0 unspecified atom stereocenters. The van der Waals surface area contributed by atoms with Gasteiger partial charge < -0.3 is 0 Å². The summed E-state index contributed by atoms with van der Waals surface area (Å²) in [6.45, 7) is 2.41. The van der Waals surface area contributed by atoms with E-state index in [0.29, 0.717) is 16.7 Å². The van der Waals surface area contributed by atoms with Gasteiger partial charge in [-0.05, 0) is 40.9 Å². The molecule has 2 aromatic heterocycles. The van der Waals surface area contributed by atoms with E-state index < -0.39 is 0 Å². The summed E-state index contributed by atoms with van der Waals surface area (Å²) in [6, 6.07) is 3.89. The topological polar surface area (TPSA) is 47.8 Å². The van der Waals surface area contributed by atoms with Crippen molar-refractivity contribution in [1.82, 2.24) is 14.5 Å². The third kappa shape index (κ3) is 2.79. The lowest BCUT2D eigenvalue weighted by molar-refractivity contribution is 0.646. The molecule has 17 heavy (non-hydrogen) atoms. The lowest BCUT2D eigenvalue weighted by atomic mass is 10.2. The molecule has 0 aromatic carbocycles. The summed E-state index contributed by atoms with van der Waals surface area (Å²) in [6.07, 6.45) is 5.89. The van der Waals surface area contributed by atoms with Crippen molar-refractivity contribution in [2.45, 2.75) is 19.9 Å². The molecule has 0 fully saturated rings. The minimum Gasteiger partial charge on any atom is -0.298 e. The average molecular weight is 294 g/mol. The second-order valence-electron chi connectivity index (χ2n) is 3.75. The molecule has 2 aromatic rings. The fourth-order valence-electron chi connectivity index (χ4n) is 1.50. The maximum atomic E-state index is 11.9. The number of nitrogens with zero attached hydrogens (tertiary/aromatic N) is 3. The molecule has 0 aliphatic heterocycles. The van der Waals surface area contributed by atoms with Gasteiger partial charge in [0.2, 0.25) is 0 Å². The fraction of sp³-hybridized carbons (Fsp3) is 0.250. The first kappa shape index (κ1) is 12.0.